The van der Waals surface area contributed by atoms with Gasteiger partial charge in [0.15, 0.2) is 13.7 Å². The minimum atomic E-state index is -0.494. The number of methoxy groups -OCH3 is 1. The third-order valence-electron chi connectivity index (χ3n) is 2.50. The van der Waals surface area contributed by atoms with Crippen LogP contribution in [0.15, 0.2) is 10.7 Å². The van der Waals surface area contributed by atoms with Crippen molar-refractivity contribution in [1.29, 1.82) is 0 Å². The number of rotatable bonds is 2. The standard InChI is InChI=1S/C9H11BN2O3/c1-14-9(13)6-5-15-8(11-6)7-3-2-4-12(7)10/h5,7H,2-4H2,1H3/t7-/m1/s1. The number of ether oxygens (including phenoxy) is 1. The van der Waals surface area contributed by atoms with Crippen LogP contribution in [0.5, 0.6) is 0 Å². The van der Waals surface area contributed by atoms with Gasteiger partial charge in [-0.15, -0.1) is 0 Å². The van der Waals surface area contributed by atoms with Crippen LogP contribution >= 0.6 is 0 Å². The highest BCUT2D eigenvalue weighted by atomic mass is 16.5. The molecule has 1 saturated heterocycles. The summed E-state index contributed by atoms with van der Waals surface area (Å²) in [5.74, 6) is -0.0121. The van der Waals surface area contributed by atoms with Gasteiger partial charge in [-0.2, -0.15) is 0 Å². The summed E-state index contributed by atoms with van der Waals surface area (Å²) in [4.78, 5) is 16.9. The number of nitrogens with zero attached hydrogens (tertiary/aromatic N) is 2. The van der Waals surface area contributed by atoms with Gasteiger partial charge in [0, 0.05) is 0 Å². The molecule has 0 spiro atoms. The Morgan fingerprint density at radius 1 is 1.80 bits per heavy atom. The van der Waals surface area contributed by atoms with Crippen molar-refractivity contribution in [2.24, 2.45) is 0 Å². The lowest BCUT2D eigenvalue weighted by Crippen LogP contribution is -2.19. The summed E-state index contributed by atoms with van der Waals surface area (Å²) in [5.41, 5.74) is 0.188. The van der Waals surface area contributed by atoms with E-state index in [9.17, 15) is 4.79 Å². The molecular formula is C9H11BN2O3. The van der Waals surface area contributed by atoms with E-state index < -0.39 is 5.97 Å². The van der Waals surface area contributed by atoms with Crippen molar-refractivity contribution in [2.45, 2.75) is 18.9 Å². The van der Waals surface area contributed by atoms with E-state index in [4.69, 9.17) is 12.4 Å². The van der Waals surface area contributed by atoms with Gasteiger partial charge < -0.3 is 14.0 Å². The van der Waals surface area contributed by atoms with E-state index in [-0.39, 0.29) is 11.7 Å². The van der Waals surface area contributed by atoms with Crippen molar-refractivity contribution < 1.29 is 13.9 Å². The molecule has 0 amide bonds. The molecule has 1 aromatic rings. The van der Waals surface area contributed by atoms with Crippen molar-refractivity contribution in [1.82, 2.24) is 9.79 Å². The second kappa shape index (κ2) is 4.06. The fourth-order valence-corrected chi connectivity index (χ4v) is 1.69. The normalized spacial score (nSPS) is 21.8. The average molecular weight is 206 g/mol. The van der Waals surface area contributed by atoms with Crippen LogP contribution in [0, 0.1) is 0 Å². The molecule has 2 heterocycles. The SMILES string of the molecule is [B]N1CCC[C@@H]1c1nc(C(=O)OC)co1. The Hall–Kier alpha value is -1.30. The van der Waals surface area contributed by atoms with Gasteiger partial charge in [-0.25, -0.2) is 9.78 Å². The second-order valence-corrected chi connectivity index (χ2v) is 3.46. The summed E-state index contributed by atoms with van der Waals surface area (Å²) in [6.45, 7) is 0.820. The van der Waals surface area contributed by atoms with Crippen LogP contribution in [-0.4, -0.2) is 37.4 Å². The predicted molar refractivity (Wildman–Crippen MR) is 52.3 cm³/mol. The fourth-order valence-electron chi connectivity index (χ4n) is 1.69. The first-order valence-corrected chi connectivity index (χ1v) is 4.77. The van der Waals surface area contributed by atoms with E-state index in [2.05, 4.69) is 9.72 Å². The number of hydrogen-bond acceptors (Lipinski definition) is 5. The maximum Gasteiger partial charge on any atom is 0.360 e. The molecule has 5 nitrogen and oxygen atoms in total. The molecule has 2 rings (SSSR count). The number of oxazole rings is 1. The van der Waals surface area contributed by atoms with Gasteiger partial charge in [0.2, 0.25) is 5.89 Å². The summed E-state index contributed by atoms with van der Waals surface area (Å²) >= 11 is 0. The molecule has 15 heavy (non-hydrogen) atoms. The van der Waals surface area contributed by atoms with Crippen LogP contribution in [-0.2, 0) is 4.74 Å². The van der Waals surface area contributed by atoms with Crippen LogP contribution in [0.1, 0.15) is 35.3 Å². The lowest BCUT2D eigenvalue weighted by atomic mass is 10.2. The van der Waals surface area contributed by atoms with Gasteiger partial charge in [0.05, 0.1) is 13.2 Å². The van der Waals surface area contributed by atoms with Crippen molar-refractivity contribution in [3.63, 3.8) is 0 Å². The number of esters is 1. The molecule has 1 atom stereocenters. The van der Waals surface area contributed by atoms with E-state index in [0.29, 0.717) is 5.89 Å². The summed E-state index contributed by atoms with van der Waals surface area (Å²) in [5, 5.41) is 0. The predicted octanol–water partition coefficient (Wildman–Crippen LogP) is 0.682. The van der Waals surface area contributed by atoms with Gasteiger partial charge in [0.1, 0.15) is 6.26 Å². The van der Waals surface area contributed by atoms with Gasteiger partial charge in [-0.05, 0) is 19.4 Å². The number of hydrogen-bond donors (Lipinski definition) is 0. The molecule has 0 unspecified atom stereocenters. The molecule has 78 valence electrons. The number of carbonyl (C=O) groups excluding carboxylic acids is 1. The summed E-state index contributed by atoms with van der Waals surface area (Å²) in [6.07, 6.45) is 3.21. The molecule has 2 radical (unpaired) electrons. The molecular weight excluding hydrogens is 195 g/mol. The molecule has 1 aliphatic heterocycles. The smallest absolute Gasteiger partial charge is 0.360 e. The van der Waals surface area contributed by atoms with E-state index >= 15 is 0 Å². The average Bonchev–Trinajstić information content (AvgIpc) is 2.84. The lowest BCUT2D eigenvalue weighted by Gasteiger charge is -2.15. The highest BCUT2D eigenvalue weighted by Crippen LogP contribution is 2.29. The van der Waals surface area contributed by atoms with Crippen LogP contribution in [0.3, 0.4) is 0 Å². The molecule has 1 fully saturated rings. The zero-order chi connectivity index (χ0) is 10.8. The first-order valence-electron chi connectivity index (χ1n) is 4.77. The molecule has 0 aromatic carbocycles. The van der Waals surface area contributed by atoms with Gasteiger partial charge in [0.25, 0.3) is 0 Å². The minimum absolute atomic E-state index is 0.0246. The summed E-state index contributed by atoms with van der Waals surface area (Å²) in [6, 6.07) is -0.0246. The molecule has 0 saturated carbocycles. The van der Waals surface area contributed by atoms with E-state index in [1.807, 2.05) is 0 Å². The Balaban J connectivity index is 2.16. The van der Waals surface area contributed by atoms with Crippen molar-refractivity contribution >= 4 is 14.0 Å². The zero-order valence-corrected chi connectivity index (χ0v) is 8.47. The molecule has 6 heteroatoms. The van der Waals surface area contributed by atoms with E-state index in [0.717, 1.165) is 19.4 Å². The Morgan fingerprint density at radius 2 is 2.60 bits per heavy atom. The largest absolute Gasteiger partial charge is 0.464 e. The topological polar surface area (TPSA) is 55.6 Å². The van der Waals surface area contributed by atoms with Crippen molar-refractivity contribution in [3.05, 3.63) is 17.8 Å². The molecule has 0 aliphatic carbocycles. The van der Waals surface area contributed by atoms with Crippen LogP contribution in [0.25, 0.3) is 0 Å². The molecule has 1 aliphatic rings. The second-order valence-electron chi connectivity index (χ2n) is 3.46. The first kappa shape index (κ1) is 10.2. The Labute approximate surface area is 88.8 Å². The summed E-state index contributed by atoms with van der Waals surface area (Å²) in [7, 11) is 7.05. The van der Waals surface area contributed by atoms with Crippen LogP contribution in [0.4, 0.5) is 0 Å². The summed E-state index contributed by atoms with van der Waals surface area (Å²) < 4.78 is 9.74. The maximum atomic E-state index is 11.1. The number of aromatic nitrogens is 1. The van der Waals surface area contributed by atoms with Crippen LogP contribution in [0.2, 0.25) is 0 Å². The number of carbonyl (C=O) groups is 1. The van der Waals surface area contributed by atoms with Gasteiger partial charge in [-0.1, -0.05) is 0 Å². The van der Waals surface area contributed by atoms with E-state index in [1.54, 1.807) is 4.81 Å². The van der Waals surface area contributed by atoms with E-state index in [1.165, 1.54) is 13.4 Å². The van der Waals surface area contributed by atoms with Gasteiger partial charge in [-0.3, -0.25) is 0 Å². The zero-order valence-electron chi connectivity index (χ0n) is 8.47. The Kier molecular flexibility index (Phi) is 2.77. The quantitative estimate of drug-likeness (QED) is 0.526. The lowest BCUT2D eigenvalue weighted by molar-refractivity contribution is 0.0594. The fraction of sp³-hybridized carbons (Fsp3) is 0.556. The van der Waals surface area contributed by atoms with Crippen molar-refractivity contribution in [2.75, 3.05) is 13.7 Å². The monoisotopic (exact) mass is 206 g/mol. The van der Waals surface area contributed by atoms with Crippen LogP contribution < -0.4 is 0 Å². The first-order chi connectivity index (χ1) is 7.22. The maximum absolute atomic E-state index is 11.1. The Morgan fingerprint density at radius 3 is 3.20 bits per heavy atom. The highest BCUT2D eigenvalue weighted by molar-refractivity contribution is 6.04. The molecule has 1 aromatic heterocycles. The molecule has 0 N–H and O–H groups in total. The third-order valence-corrected chi connectivity index (χ3v) is 2.50. The van der Waals surface area contributed by atoms with Crippen molar-refractivity contribution in [3.8, 4) is 0 Å². The van der Waals surface area contributed by atoms with Gasteiger partial charge >= 0.3 is 5.97 Å². The Bertz CT molecular complexity index is 366. The highest BCUT2D eigenvalue weighted by Gasteiger charge is 2.27. The molecule has 0 bridgehead atoms. The minimum Gasteiger partial charge on any atom is -0.464 e. The third kappa shape index (κ3) is 1.90.